The van der Waals surface area contributed by atoms with Gasteiger partial charge in [-0.2, -0.15) is 0 Å². The Morgan fingerprint density at radius 3 is 2.70 bits per heavy atom. The Hall–Kier alpha value is -2.68. The van der Waals surface area contributed by atoms with Crippen LogP contribution < -0.4 is 15.1 Å². The minimum absolute atomic E-state index is 0.0581. The van der Waals surface area contributed by atoms with Crippen LogP contribution in [0, 0.1) is 11.8 Å². The van der Waals surface area contributed by atoms with Gasteiger partial charge in [-0.05, 0) is 18.6 Å². The van der Waals surface area contributed by atoms with Crippen LogP contribution in [0.25, 0.3) is 0 Å². The average Bonchev–Trinajstić information content (AvgIpc) is 3.11. The van der Waals surface area contributed by atoms with Crippen LogP contribution in [-0.2, 0) is 14.3 Å². The first-order valence-electron chi connectivity index (χ1n) is 10.2. The van der Waals surface area contributed by atoms with Crippen LogP contribution in [0.1, 0.15) is 20.3 Å². The summed E-state index contributed by atoms with van der Waals surface area (Å²) in [6, 6.07) is 7.21. The number of ether oxygens (including phenoxy) is 1. The highest BCUT2D eigenvalue weighted by molar-refractivity contribution is 5.94. The molecule has 2 aliphatic rings. The molecule has 2 amide bonds. The zero-order chi connectivity index (χ0) is 21.8. The molecule has 30 heavy (non-hydrogen) atoms. The van der Waals surface area contributed by atoms with Gasteiger partial charge in [0.15, 0.2) is 0 Å². The van der Waals surface area contributed by atoms with E-state index in [0.29, 0.717) is 30.6 Å². The van der Waals surface area contributed by atoms with Crippen LogP contribution in [0.4, 0.5) is 20.6 Å². The van der Waals surface area contributed by atoms with Crippen molar-refractivity contribution in [1.29, 1.82) is 0 Å². The molecular weight excluding hydrogens is 393 g/mol. The van der Waals surface area contributed by atoms with Crippen LogP contribution >= 0.6 is 0 Å². The van der Waals surface area contributed by atoms with Gasteiger partial charge in [0.2, 0.25) is 5.91 Å². The molecule has 2 fully saturated rings. The van der Waals surface area contributed by atoms with Crippen molar-refractivity contribution in [3.8, 4) is 0 Å². The summed E-state index contributed by atoms with van der Waals surface area (Å²) < 4.78 is 20.2. The van der Waals surface area contributed by atoms with Gasteiger partial charge >= 0.3 is 6.09 Å². The number of anilines is 2. The largest absolute Gasteiger partial charge is 0.442 e. The van der Waals surface area contributed by atoms with Crippen molar-refractivity contribution >= 4 is 29.7 Å². The van der Waals surface area contributed by atoms with Crippen molar-refractivity contribution in [2.45, 2.75) is 38.6 Å². The summed E-state index contributed by atoms with van der Waals surface area (Å²) in [5.74, 6) is -1.42. The number of nitrogens with zero attached hydrogens (tertiary/aromatic N) is 2. The third-order valence-electron chi connectivity index (χ3n) is 5.75. The molecule has 8 nitrogen and oxygen atoms in total. The van der Waals surface area contributed by atoms with E-state index >= 15 is 0 Å². The third kappa shape index (κ3) is 4.72. The van der Waals surface area contributed by atoms with Gasteiger partial charge in [0.05, 0.1) is 30.6 Å². The quantitative estimate of drug-likeness (QED) is 0.648. The molecule has 1 aromatic carbocycles. The minimum atomic E-state index is -1.30. The summed E-state index contributed by atoms with van der Waals surface area (Å²) in [6.45, 7) is 4.03. The Balaban J connectivity index is 1.73. The van der Waals surface area contributed by atoms with E-state index in [1.54, 1.807) is 19.1 Å². The smallest absolute Gasteiger partial charge is 0.414 e. The number of aldehydes is 1. The summed E-state index contributed by atoms with van der Waals surface area (Å²) >= 11 is 0. The van der Waals surface area contributed by atoms with Crippen molar-refractivity contribution in [2.24, 2.45) is 11.8 Å². The Labute approximate surface area is 175 Å². The monoisotopic (exact) mass is 421 g/mol. The summed E-state index contributed by atoms with van der Waals surface area (Å²) in [7, 11) is 0. The molecule has 2 aliphatic heterocycles. The normalized spacial score (nSPS) is 26.1. The fourth-order valence-electron chi connectivity index (χ4n) is 4.04. The molecular formula is C21H28FN3O5. The summed E-state index contributed by atoms with van der Waals surface area (Å²) in [6.07, 6.45) is -2.26. The lowest BCUT2D eigenvalue weighted by Crippen LogP contribution is -2.48. The Bertz CT molecular complexity index is 792. The van der Waals surface area contributed by atoms with Gasteiger partial charge in [0, 0.05) is 31.8 Å². The Kier molecular flexibility index (Phi) is 6.91. The van der Waals surface area contributed by atoms with E-state index in [2.05, 4.69) is 5.32 Å². The molecule has 2 heterocycles. The zero-order valence-electron chi connectivity index (χ0n) is 17.2. The molecule has 2 saturated heterocycles. The maximum atomic E-state index is 14.9. The highest BCUT2D eigenvalue weighted by atomic mass is 19.1. The highest BCUT2D eigenvalue weighted by Gasteiger charge is 2.39. The van der Waals surface area contributed by atoms with Crippen molar-refractivity contribution in [1.82, 2.24) is 5.32 Å². The van der Waals surface area contributed by atoms with Crippen molar-refractivity contribution in [3.05, 3.63) is 24.3 Å². The Morgan fingerprint density at radius 2 is 2.07 bits per heavy atom. The van der Waals surface area contributed by atoms with E-state index in [4.69, 9.17) is 4.74 Å². The number of hydrogen-bond acceptors (Lipinski definition) is 6. The van der Waals surface area contributed by atoms with Crippen LogP contribution in [0.15, 0.2) is 24.3 Å². The first-order valence-corrected chi connectivity index (χ1v) is 10.2. The molecule has 0 aliphatic carbocycles. The number of benzene rings is 1. The molecule has 0 spiro atoms. The number of para-hydroxylation sites is 2. The molecule has 2 N–H and O–H groups in total. The molecule has 5 atom stereocenters. The minimum Gasteiger partial charge on any atom is -0.442 e. The second-order valence-corrected chi connectivity index (χ2v) is 7.94. The number of nitrogens with one attached hydrogen (secondary N) is 1. The fourth-order valence-corrected chi connectivity index (χ4v) is 4.04. The lowest BCUT2D eigenvalue weighted by atomic mass is 9.84. The molecule has 0 saturated carbocycles. The predicted molar refractivity (Wildman–Crippen MR) is 109 cm³/mol. The number of amides is 2. The number of rotatable bonds is 7. The van der Waals surface area contributed by atoms with E-state index in [-0.39, 0.29) is 25.5 Å². The van der Waals surface area contributed by atoms with E-state index in [0.717, 1.165) is 0 Å². The maximum Gasteiger partial charge on any atom is 0.414 e. The van der Waals surface area contributed by atoms with Gasteiger partial charge in [-0.3, -0.25) is 9.69 Å². The summed E-state index contributed by atoms with van der Waals surface area (Å²) in [4.78, 5) is 37.8. The van der Waals surface area contributed by atoms with Crippen molar-refractivity contribution < 1.29 is 28.6 Å². The van der Waals surface area contributed by atoms with Gasteiger partial charge in [-0.15, -0.1) is 0 Å². The zero-order valence-corrected chi connectivity index (χ0v) is 17.2. The summed E-state index contributed by atoms with van der Waals surface area (Å²) in [5.41, 5.74) is 1.31. The molecule has 1 aromatic rings. The number of aliphatic hydroxyl groups excluding tert-OH is 1. The van der Waals surface area contributed by atoms with Gasteiger partial charge in [0.1, 0.15) is 18.6 Å². The number of halogens is 1. The number of aliphatic hydroxyl groups is 1. The van der Waals surface area contributed by atoms with E-state index < -0.39 is 36.3 Å². The second-order valence-electron chi connectivity index (χ2n) is 7.94. The fraction of sp³-hybridized carbons (Fsp3) is 0.571. The molecule has 0 aromatic heterocycles. The number of alkyl halides is 1. The lowest BCUT2D eigenvalue weighted by Gasteiger charge is -2.39. The molecule has 164 valence electrons. The number of hydrogen-bond donors (Lipinski definition) is 2. The second kappa shape index (κ2) is 9.42. The van der Waals surface area contributed by atoms with Crippen molar-refractivity contribution in [2.75, 3.05) is 36.0 Å². The number of cyclic esters (lactones) is 1. The molecule has 4 unspecified atom stereocenters. The highest BCUT2D eigenvalue weighted by Crippen LogP contribution is 2.36. The SMILES string of the molecule is CC(=O)NC[C@H]1CN(c2ccccc2N2CCC(C(O)C(C)C=O)C(F)C2)C(=O)O1. The van der Waals surface area contributed by atoms with E-state index in [1.807, 2.05) is 17.0 Å². The standard InChI is InChI=1S/C21H28FN3O5/c1-13(12-26)20(28)16-7-8-24(11-17(16)22)18-5-3-4-6-19(18)25-10-15(30-21(25)29)9-23-14(2)27/h3-6,12-13,15-17,20,28H,7-11H2,1-2H3,(H,23,27)/t13?,15-,16?,17?,20?/m0/s1. The molecule has 9 heteroatoms. The van der Waals surface area contributed by atoms with Crippen LogP contribution in [0.3, 0.4) is 0 Å². The number of piperidine rings is 1. The maximum absolute atomic E-state index is 14.9. The van der Waals surface area contributed by atoms with Gasteiger partial charge < -0.3 is 24.9 Å². The van der Waals surface area contributed by atoms with Gasteiger partial charge in [-0.1, -0.05) is 19.1 Å². The van der Waals surface area contributed by atoms with E-state index in [9.17, 15) is 23.9 Å². The number of carbonyl (C=O) groups excluding carboxylic acids is 3. The third-order valence-corrected chi connectivity index (χ3v) is 5.75. The predicted octanol–water partition coefficient (Wildman–Crippen LogP) is 1.51. The number of carbonyl (C=O) groups is 3. The average molecular weight is 421 g/mol. The summed E-state index contributed by atoms with van der Waals surface area (Å²) in [5, 5.41) is 12.9. The van der Waals surface area contributed by atoms with Gasteiger partial charge in [0.25, 0.3) is 0 Å². The lowest BCUT2D eigenvalue weighted by molar-refractivity contribution is -0.119. The first-order chi connectivity index (χ1) is 14.3. The Morgan fingerprint density at radius 1 is 1.37 bits per heavy atom. The van der Waals surface area contributed by atoms with Crippen LogP contribution in [0.2, 0.25) is 0 Å². The topological polar surface area (TPSA) is 99.2 Å². The van der Waals surface area contributed by atoms with E-state index in [1.165, 1.54) is 11.8 Å². The van der Waals surface area contributed by atoms with Crippen LogP contribution in [-0.4, -0.2) is 68.0 Å². The molecule has 0 radical (unpaired) electrons. The molecule has 3 rings (SSSR count). The molecule has 0 bridgehead atoms. The first kappa shape index (κ1) is 22.0. The van der Waals surface area contributed by atoms with Crippen molar-refractivity contribution in [3.63, 3.8) is 0 Å². The van der Waals surface area contributed by atoms with Crippen LogP contribution in [0.5, 0.6) is 0 Å². The van der Waals surface area contributed by atoms with Gasteiger partial charge in [-0.25, -0.2) is 9.18 Å².